The van der Waals surface area contributed by atoms with E-state index in [1.807, 2.05) is 5.38 Å². The van der Waals surface area contributed by atoms with Crippen molar-refractivity contribution < 1.29 is 4.79 Å². The molecule has 0 spiro atoms. The summed E-state index contributed by atoms with van der Waals surface area (Å²) >= 11 is 3.11. The number of nitrogens with one attached hydrogen (secondary N) is 1. The van der Waals surface area contributed by atoms with Crippen LogP contribution < -0.4 is 5.32 Å². The van der Waals surface area contributed by atoms with E-state index in [9.17, 15) is 4.79 Å². The number of thiazole rings is 1. The quantitative estimate of drug-likeness (QED) is 0.493. The zero-order valence-electron chi connectivity index (χ0n) is 20.9. The Morgan fingerprint density at radius 3 is 2.76 bits per heavy atom. The van der Waals surface area contributed by atoms with Crippen molar-refractivity contribution in [2.45, 2.75) is 78.6 Å². The van der Waals surface area contributed by atoms with Crippen LogP contribution in [-0.2, 0) is 16.6 Å². The lowest BCUT2D eigenvalue weighted by Crippen LogP contribution is -2.54. The lowest BCUT2D eigenvalue weighted by Gasteiger charge is -2.59. The Hall–Kier alpha value is -1.60. The van der Waals surface area contributed by atoms with Crippen molar-refractivity contribution in [1.29, 1.82) is 0 Å². The molecule has 4 aliphatic rings. The van der Waals surface area contributed by atoms with Crippen LogP contribution in [-0.4, -0.2) is 20.5 Å². The number of hydrogen-bond acceptors (Lipinski definition) is 6. The number of allylic oxidation sites excluding steroid dienone is 2. The van der Waals surface area contributed by atoms with Crippen LogP contribution in [0.1, 0.15) is 77.3 Å². The predicted octanol–water partition coefficient (Wildman–Crippen LogP) is 6.50. The number of hydrogen-bond donors (Lipinski definition) is 1. The lowest BCUT2D eigenvalue weighted by atomic mass is 9.45. The summed E-state index contributed by atoms with van der Waals surface area (Å²) < 4.78 is 4.35. The SMILES string of the molecule is C[C@H](C(=O)Nc1nccs1)[C@H]1CC[C@H]2[C@@H]3CC=C4C(C)(C)c5nnsc5C[C@]4(C)[C@H]3CC[C@]12C. The summed E-state index contributed by atoms with van der Waals surface area (Å²) in [4.78, 5) is 18.8. The van der Waals surface area contributed by atoms with Crippen LogP contribution >= 0.6 is 22.9 Å². The van der Waals surface area contributed by atoms with Crippen LogP contribution in [0.3, 0.4) is 0 Å². The minimum absolute atomic E-state index is 0.0140. The van der Waals surface area contributed by atoms with E-state index in [1.54, 1.807) is 23.3 Å². The molecule has 2 aromatic heterocycles. The van der Waals surface area contributed by atoms with Gasteiger partial charge >= 0.3 is 0 Å². The average Bonchev–Trinajstić information content (AvgIpc) is 3.52. The zero-order valence-corrected chi connectivity index (χ0v) is 22.6. The third kappa shape index (κ3) is 3.08. The van der Waals surface area contributed by atoms with Crippen molar-refractivity contribution in [3.63, 3.8) is 0 Å². The number of carbonyl (C=O) groups excluding carboxylic acids is 1. The molecule has 1 amide bonds. The van der Waals surface area contributed by atoms with Crippen molar-refractivity contribution in [3.8, 4) is 0 Å². The molecule has 2 fully saturated rings. The molecule has 7 heteroatoms. The summed E-state index contributed by atoms with van der Waals surface area (Å²) in [6.45, 7) is 11.9. The van der Waals surface area contributed by atoms with Crippen LogP contribution in [0, 0.1) is 40.4 Å². The zero-order chi connectivity index (χ0) is 23.9. The Morgan fingerprint density at radius 2 is 2.00 bits per heavy atom. The molecule has 0 aromatic carbocycles. The number of carbonyl (C=O) groups is 1. The van der Waals surface area contributed by atoms with Gasteiger partial charge in [-0.25, -0.2) is 4.98 Å². The predicted molar refractivity (Wildman–Crippen MR) is 138 cm³/mol. The minimum atomic E-state index is -0.0261. The summed E-state index contributed by atoms with van der Waals surface area (Å²) in [5.41, 5.74) is 3.23. The van der Waals surface area contributed by atoms with E-state index >= 15 is 0 Å². The number of rotatable bonds is 3. The van der Waals surface area contributed by atoms with Crippen molar-refractivity contribution in [3.05, 3.63) is 33.8 Å². The number of nitrogens with zero attached hydrogens (tertiary/aromatic N) is 3. The molecule has 4 aliphatic carbocycles. The van der Waals surface area contributed by atoms with Gasteiger partial charge in [0, 0.05) is 22.9 Å². The van der Waals surface area contributed by atoms with E-state index in [1.165, 1.54) is 54.0 Å². The van der Waals surface area contributed by atoms with Gasteiger partial charge in [0.25, 0.3) is 0 Å². The first kappa shape index (κ1) is 22.8. The van der Waals surface area contributed by atoms with E-state index in [0.717, 1.165) is 11.6 Å². The van der Waals surface area contributed by atoms with Crippen molar-refractivity contribution in [1.82, 2.24) is 14.6 Å². The molecule has 0 unspecified atom stereocenters. The van der Waals surface area contributed by atoms with Crippen molar-refractivity contribution in [2.75, 3.05) is 5.32 Å². The molecule has 5 nitrogen and oxygen atoms in total. The molecule has 0 aliphatic heterocycles. The third-order valence-electron chi connectivity index (χ3n) is 10.6. The van der Waals surface area contributed by atoms with Crippen molar-refractivity contribution in [2.24, 2.45) is 40.4 Å². The van der Waals surface area contributed by atoms with Crippen LogP contribution in [0.2, 0.25) is 0 Å². The van der Waals surface area contributed by atoms with Gasteiger partial charge in [-0.3, -0.25) is 4.79 Å². The highest BCUT2D eigenvalue weighted by Gasteiger charge is 2.61. The molecule has 182 valence electrons. The first-order valence-corrected chi connectivity index (χ1v) is 14.5. The molecule has 6 rings (SSSR count). The summed E-state index contributed by atoms with van der Waals surface area (Å²) in [7, 11) is 0. The number of amides is 1. The van der Waals surface area contributed by atoms with Gasteiger partial charge in [-0.15, -0.1) is 16.4 Å². The average molecular weight is 497 g/mol. The summed E-state index contributed by atoms with van der Waals surface area (Å²) in [5.74, 6) is 2.71. The van der Waals surface area contributed by atoms with Gasteiger partial charge < -0.3 is 5.32 Å². The van der Waals surface area contributed by atoms with Gasteiger partial charge in [0.15, 0.2) is 5.13 Å². The van der Waals surface area contributed by atoms with Gasteiger partial charge in [0.05, 0.1) is 10.6 Å². The molecular formula is C27H36N4OS2. The van der Waals surface area contributed by atoms with Gasteiger partial charge in [-0.1, -0.05) is 50.8 Å². The first-order chi connectivity index (χ1) is 16.2. The normalized spacial score (nSPS) is 38.7. The first-order valence-electron chi connectivity index (χ1n) is 12.9. The standard InChI is InChI=1S/C27H36N4OS2/c1-15(23(32)29-24-28-12-13-33-24)17-7-8-18-16-6-9-21-25(2,3)22-20(34-31-30-22)14-27(21,5)19(16)10-11-26(17,18)4/h9,12-13,15-19H,6-8,10-11,14H2,1-5H3,(H,28,29,32)/t15-,16-,17+,18-,19-,26+,27+/m0/s1. The smallest absolute Gasteiger partial charge is 0.229 e. The monoisotopic (exact) mass is 496 g/mol. The molecule has 34 heavy (non-hydrogen) atoms. The Kier molecular flexibility index (Phi) is 5.17. The van der Waals surface area contributed by atoms with Gasteiger partial charge in [-0.2, -0.15) is 0 Å². The third-order valence-corrected chi connectivity index (χ3v) is 12.0. The van der Waals surface area contributed by atoms with Crippen LogP contribution in [0.4, 0.5) is 5.13 Å². The fourth-order valence-electron chi connectivity index (χ4n) is 9.10. The summed E-state index contributed by atoms with van der Waals surface area (Å²) in [6, 6.07) is 0. The Bertz CT molecular complexity index is 1140. The topological polar surface area (TPSA) is 67.8 Å². The highest BCUT2D eigenvalue weighted by atomic mass is 32.1. The summed E-state index contributed by atoms with van der Waals surface area (Å²) in [6.07, 6.45) is 11.5. The van der Waals surface area contributed by atoms with E-state index in [2.05, 4.69) is 60.6 Å². The molecule has 2 saturated carbocycles. The molecule has 7 atom stereocenters. The Morgan fingerprint density at radius 1 is 1.18 bits per heavy atom. The molecule has 1 N–H and O–H groups in total. The second kappa shape index (κ2) is 7.70. The van der Waals surface area contributed by atoms with Crippen LogP contribution in [0.25, 0.3) is 0 Å². The van der Waals surface area contributed by atoms with E-state index in [4.69, 9.17) is 0 Å². The molecule has 0 bridgehead atoms. The lowest BCUT2D eigenvalue weighted by molar-refractivity contribution is -0.124. The second-order valence-electron chi connectivity index (χ2n) is 12.3. The minimum Gasteiger partial charge on any atom is -0.302 e. The van der Waals surface area contributed by atoms with Gasteiger partial charge in [-0.05, 0) is 84.6 Å². The summed E-state index contributed by atoms with van der Waals surface area (Å²) in [5, 5.41) is 10.3. The Labute approximate surface area is 211 Å². The van der Waals surface area contributed by atoms with Gasteiger partial charge in [0.1, 0.15) is 0 Å². The van der Waals surface area contributed by atoms with E-state index < -0.39 is 0 Å². The largest absolute Gasteiger partial charge is 0.302 e. The molecule has 2 aromatic rings. The fraction of sp³-hybridized carbons (Fsp3) is 0.704. The highest BCUT2D eigenvalue weighted by Crippen LogP contribution is 2.68. The highest BCUT2D eigenvalue weighted by molar-refractivity contribution is 7.13. The van der Waals surface area contributed by atoms with Gasteiger partial charge in [0.2, 0.25) is 5.91 Å². The molecular weight excluding hydrogens is 460 g/mol. The maximum absolute atomic E-state index is 13.1. The molecule has 2 heterocycles. The fourth-order valence-corrected chi connectivity index (χ4v) is 10.6. The van der Waals surface area contributed by atoms with Crippen LogP contribution in [0.5, 0.6) is 0 Å². The number of anilines is 1. The molecule has 0 radical (unpaired) electrons. The number of fused-ring (bicyclic) bond motifs is 6. The van der Waals surface area contributed by atoms with Crippen LogP contribution in [0.15, 0.2) is 23.2 Å². The van der Waals surface area contributed by atoms with E-state index in [0.29, 0.717) is 23.7 Å². The molecule has 0 saturated heterocycles. The van der Waals surface area contributed by atoms with Crippen molar-refractivity contribution >= 4 is 33.9 Å². The van der Waals surface area contributed by atoms with E-state index in [-0.39, 0.29) is 28.1 Å². The number of aromatic nitrogens is 3. The Balaban J connectivity index is 1.28. The maximum Gasteiger partial charge on any atom is 0.229 e. The maximum atomic E-state index is 13.1. The second-order valence-corrected chi connectivity index (χ2v) is 14.1.